The fourth-order valence-electron chi connectivity index (χ4n) is 3.90. The van der Waals surface area contributed by atoms with E-state index in [1.54, 1.807) is 37.4 Å². The first kappa shape index (κ1) is 30.8. The molecule has 0 aliphatic heterocycles. The standard InChI is InChI=1S/C27H39N3O7S/c1-8-23(27(32)28-16-19(2)3)29(17-20-10-9-11-21(14-20)35-4)26(31)18-30(38(7,33)34)24-13-12-22(36-5)15-25(24)37-6/h9-15,19,23H,8,16-18H2,1-7H3,(H,28,32)/t23-/m0/s1. The molecule has 0 aliphatic rings. The van der Waals surface area contributed by atoms with Crippen LogP contribution in [0.15, 0.2) is 42.5 Å². The van der Waals surface area contributed by atoms with Gasteiger partial charge in [0, 0.05) is 19.2 Å². The summed E-state index contributed by atoms with van der Waals surface area (Å²) in [5.41, 5.74) is 0.920. The molecule has 0 aliphatic carbocycles. The van der Waals surface area contributed by atoms with Gasteiger partial charge in [-0.2, -0.15) is 0 Å². The maximum absolute atomic E-state index is 13.8. The van der Waals surface area contributed by atoms with Gasteiger partial charge < -0.3 is 24.4 Å². The van der Waals surface area contributed by atoms with Crippen LogP contribution in [-0.2, 0) is 26.2 Å². The first-order valence-electron chi connectivity index (χ1n) is 12.3. The third-order valence-electron chi connectivity index (χ3n) is 5.89. The summed E-state index contributed by atoms with van der Waals surface area (Å²) in [6.45, 7) is 5.78. The molecule has 11 heteroatoms. The van der Waals surface area contributed by atoms with Gasteiger partial charge in [-0.3, -0.25) is 13.9 Å². The summed E-state index contributed by atoms with van der Waals surface area (Å²) in [6.07, 6.45) is 1.35. The average Bonchev–Trinajstić information content (AvgIpc) is 2.89. The Morgan fingerprint density at radius 3 is 2.18 bits per heavy atom. The Morgan fingerprint density at radius 2 is 1.63 bits per heavy atom. The third-order valence-corrected chi connectivity index (χ3v) is 7.02. The number of sulfonamides is 1. The number of hydrogen-bond acceptors (Lipinski definition) is 7. The highest BCUT2D eigenvalue weighted by atomic mass is 32.2. The first-order chi connectivity index (χ1) is 17.9. The summed E-state index contributed by atoms with van der Waals surface area (Å²) in [5.74, 6) is 0.685. The van der Waals surface area contributed by atoms with Crippen molar-refractivity contribution in [3.63, 3.8) is 0 Å². The van der Waals surface area contributed by atoms with E-state index >= 15 is 0 Å². The van der Waals surface area contributed by atoms with Crippen LogP contribution in [0.1, 0.15) is 32.8 Å². The topological polar surface area (TPSA) is 114 Å². The van der Waals surface area contributed by atoms with Crippen LogP contribution in [0.4, 0.5) is 5.69 Å². The number of rotatable bonds is 14. The molecule has 1 N–H and O–H groups in total. The Morgan fingerprint density at radius 1 is 0.974 bits per heavy atom. The van der Waals surface area contributed by atoms with Gasteiger partial charge in [0.1, 0.15) is 29.8 Å². The van der Waals surface area contributed by atoms with Gasteiger partial charge in [0.05, 0.1) is 33.3 Å². The molecule has 10 nitrogen and oxygen atoms in total. The Kier molecular flexibility index (Phi) is 11.2. The summed E-state index contributed by atoms with van der Waals surface area (Å²) in [6, 6.07) is 11.0. The summed E-state index contributed by atoms with van der Waals surface area (Å²) < 4.78 is 42.7. The monoisotopic (exact) mass is 549 g/mol. The minimum absolute atomic E-state index is 0.0843. The Hall–Kier alpha value is -3.47. The SMILES string of the molecule is CC[C@@H](C(=O)NCC(C)C)N(Cc1cccc(OC)c1)C(=O)CN(c1ccc(OC)cc1OC)S(C)(=O)=O. The maximum atomic E-state index is 13.8. The van der Waals surface area contributed by atoms with Crippen LogP contribution in [0.25, 0.3) is 0 Å². The first-order valence-corrected chi connectivity index (χ1v) is 14.2. The Bertz CT molecular complexity index is 1200. The van der Waals surface area contributed by atoms with Gasteiger partial charge in [0.25, 0.3) is 0 Å². The number of methoxy groups -OCH3 is 3. The average molecular weight is 550 g/mol. The van der Waals surface area contributed by atoms with E-state index in [1.165, 1.54) is 25.2 Å². The maximum Gasteiger partial charge on any atom is 0.244 e. The van der Waals surface area contributed by atoms with E-state index in [-0.39, 0.29) is 29.8 Å². The molecule has 210 valence electrons. The van der Waals surface area contributed by atoms with Gasteiger partial charge in [-0.25, -0.2) is 8.42 Å². The molecule has 2 amide bonds. The van der Waals surface area contributed by atoms with Gasteiger partial charge in [0.15, 0.2) is 0 Å². The van der Waals surface area contributed by atoms with Gasteiger partial charge in [-0.1, -0.05) is 32.9 Å². The third kappa shape index (κ3) is 8.27. The molecule has 0 bridgehead atoms. The second kappa shape index (κ2) is 13.9. The van der Waals surface area contributed by atoms with E-state index in [4.69, 9.17) is 14.2 Å². The summed E-state index contributed by atoms with van der Waals surface area (Å²) in [7, 11) is 0.521. The van der Waals surface area contributed by atoms with E-state index in [0.29, 0.717) is 24.5 Å². The van der Waals surface area contributed by atoms with Crippen LogP contribution < -0.4 is 23.8 Å². The van der Waals surface area contributed by atoms with Crippen molar-refractivity contribution >= 4 is 27.5 Å². The Labute approximate surface area is 225 Å². The number of nitrogens with one attached hydrogen (secondary N) is 1. The van der Waals surface area contributed by atoms with Crippen molar-refractivity contribution in [1.82, 2.24) is 10.2 Å². The van der Waals surface area contributed by atoms with Crippen molar-refractivity contribution in [3.05, 3.63) is 48.0 Å². The second-order valence-electron chi connectivity index (χ2n) is 9.24. The molecule has 1 atom stereocenters. The van der Waals surface area contributed by atoms with Crippen molar-refractivity contribution in [2.45, 2.75) is 39.8 Å². The lowest BCUT2D eigenvalue weighted by Crippen LogP contribution is -2.52. The molecule has 2 aromatic rings. The van der Waals surface area contributed by atoms with E-state index in [0.717, 1.165) is 16.1 Å². The van der Waals surface area contributed by atoms with Crippen LogP contribution in [0.3, 0.4) is 0 Å². The van der Waals surface area contributed by atoms with Crippen molar-refractivity contribution in [1.29, 1.82) is 0 Å². The predicted molar refractivity (Wildman–Crippen MR) is 147 cm³/mol. The molecule has 0 unspecified atom stereocenters. The molecule has 0 spiro atoms. The van der Waals surface area contributed by atoms with Crippen LogP contribution in [0, 0.1) is 5.92 Å². The van der Waals surface area contributed by atoms with Crippen LogP contribution >= 0.6 is 0 Å². The number of benzene rings is 2. The molecule has 0 radical (unpaired) electrons. The van der Waals surface area contributed by atoms with E-state index < -0.39 is 28.5 Å². The summed E-state index contributed by atoms with van der Waals surface area (Å²) in [5, 5.41) is 2.90. The van der Waals surface area contributed by atoms with Crippen LogP contribution in [-0.4, -0.2) is 71.8 Å². The molecular weight excluding hydrogens is 510 g/mol. The predicted octanol–water partition coefficient (Wildman–Crippen LogP) is 3.06. The van der Waals surface area contributed by atoms with Gasteiger partial charge in [0.2, 0.25) is 21.8 Å². The van der Waals surface area contributed by atoms with Crippen molar-refractivity contribution in [2.24, 2.45) is 5.92 Å². The summed E-state index contributed by atoms with van der Waals surface area (Å²) >= 11 is 0. The molecule has 0 fully saturated rings. The molecule has 0 saturated carbocycles. The number of nitrogens with zero attached hydrogens (tertiary/aromatic N) is 2. The number of carbonyl (C=O) groups excluding carboxylic acids is 2. The second-order valence-corrected chi connectivity index (χ2v) is 11.2. The largest absolute Gasteiger partial charge is 0.497 e. The van der Waals surface area contributed by atoms with Crippen LogP contribution in [0.5, 0.6) is 17.2 Å². The Balaban J connectivity index is 2.51. The zero-order valence-corrected chi connectivity index (χ0v) is 24.0. The fraction of sp³-hybridized carbons (Fsp3) is 0.481. The van der Waals surface area contributed by atoms with Gasteiger partial charge >= 0.3 is 0 Å². The highest BCUT2D eigenvalue weighted by Crippen LogP contribution is 2.33. The highest BCUT2D eigenvalue weighted by Gasteiger charge is 2.32. The molecule has 0 saturated heterocycles. The lowest BCUT2D eigenvalue weighted by atomic mass is 10.1. The minimum Gasteiger partial charge on any atom is -0.497 e. The minimum atomic E-state index is -3.91. The number of ether oxygens (including phenoxy) is 3. The number of anilines is 1. The number of amides is 2. The molecule has 2 aromatic carbocycles. The van der Waals surface area contributed by atoms with Gasteiger partial charge in [-0.15, -0.1) is 0 Å². The van der Waals surface area contributed by atoms with Crippen molar-refractivity contribution < 1.29 is 32.2 Å². The zero-order valence-electron chi connectivity index (χ0n) is 23.2. The lowest BCUT2D eigenvalue weighted by Gasteiger charge is -2.33. The highest BCUT2D eigenvalue weighted by molar-refractivity contribution is 7.92. The fourth-order valence-corrected chi connectivity index (χ4v) is 4.75. The summed E-state index contributed by atoms with van der Waals surface area (Å²) in [4.78, 5) is 28.4. The van der Waals surface area contributed by atoms with E-state index in [9.17, 15) is 18.0 Å². The van der Waals surface area contributed by atoms with Crippen LogP contribution in [0.2, 0.25) is 0 Å². The number of carbonyl (C=O) groups is 2. The quantitative estimate of drug-likeness (QED) is 0.385. The molecular formula is C27H39N3O7S. The van der Waals surface area contributed by atoms with E-state index in [1.807, 2.05) is 26.8 Å². The smallest absolute Gasteiger partial charge is 0.244 e. The van der Waals surface area contributed by atoms with E-state index in [2.05, 4.69) is 5.32 Å². The van der Waals surface area contributed by atoms with Crippen molar-refractivity contribution in [3.8, 4) is 17.2 Å². The molecule has 2 rings (SSSR count). The lowest BCUT2D eigenvalue weighted by molar-refractivity contribution is -0.140. The zero-order chi connectivity index (χ0) is 28.5. The molecule has 38 heavy (non-hydrogen) atoms. The number of hydrogen-bond donors (Lipinski definition) is 1. The van der Waals surface area contributed by atoms with Crippen molar-refractivity contribution in [2.75, 3.05) is 45.0 Å². The normalized spacial score (nSPS) is 12.0. The molecule has 0 aromatic heterocycles. The molecule has 0 heterocycles. The van der Waals surface area contributed by atoms with Gasteiger partial charge in [-0.05, 0) is 42.2 Å².